The van der Waals surface area contributed by atoms with E-state index in [0.717, 1.165) is 11.8 Å². The van der Waals surface area contributed by atoms with E-state index in [2.05, 4.69) is 20.8 Å². The van der Waals surface area contributed by atoms with Crippen LogP contribution in [0.1, 0.15) is 53.4 Å². The number of carbonyl (C=O) groups excluding carboxylic acids is 1. The summed E-state index contributed by atoms with van der Waals surface area (Å²) in [4.78, 5) is 11.1. The zero-order valence-corrected chi connectivity index (χ0v) is 10.6. The van der Waals surface area contributed by atoms with Gasteiger partial charge in [0.1, 0.15) is 0 Å². The molecule has 1 aliphatic rings. The van der Waals surface area contributed by atoms with E-state index in [1.165, 1.54) is 25.7 Å². The van der Waals surface area contributed by atoms with Gasteiger partial charge in [-0.05, 0) is 44.4 Å². The van der Waals surface area contributed by atoms with Gasteiger partial charge >= 0.3 is 0 Å². The zero-order valence-electron chi connectivity index (χ0n) is 9.80. The average Bonchev–Trinajstić information content (AvgIpc) is 2.02. The van der Waals surface area contributed by atoms with Crippen molar-refractivity contribution in [3.8, 4) is 0 Å². The third-order valence-corrected chi connectivity index (χ3v) is 4.61. The molecule has 0 radical (unpaired) electrons. The molecule has 0 N–H and O–H groups in total. The minimum Gasteiger partial charge on any atom is -0.288 e. The van der Waals surface area contributed by atoms with E-state index in [-0.39, 0.29) is 9.86 Å². The summed E-state index contributed by atoms with van der Waals surface area (Å²) >= 11 is 1.55. The first-order valence-electron chi connectivity index (χ1n) is 5.62. The molecule has 0 bridgehead atoms. The summed E-state index contributed by atoms with van der Waals surface area (Å²) in [5, 5.41) is 0.274. The van der Waals surface area contributed by atoms with E-state index in [9.17, 15) is 4.79 Å². The predicted octanol–water partition coefficient (Wildman–Crippen LogP) is 3.87. The highest BCUT2D eigenvalue weighted by atomic mass is 32.2. The largest absolute Gasteiger partial charge is 0.288 e. The molecule has 1 rings (SSSR count). The van der Waals surface area contributed by atoms with Crippen molar-refractivity contribution in [1.29, 1.82) is 0 Å². The molecule has 1 nitrogen and oxygen atoms in total. The highest BCUT2D eigenvalue weighted by Crippen LogP contribution is 2.43. The molecule has 0 aliphatic heterocycles. The molecule has 0 saturated heterocycles. The van der Waals surface area contributed by atoms with Gasteiger partial charge in [0.25, 0.3) is 0 Å². The molecule has 1 aliphatic carbocycles. The Labute approximate surface area is 92.0 Å². The molecule has 0 amide bonds. The fourth-order valence-electron chi connectivity index (χ4n) is 2.37. The van der Waals surface area contributed by atoms with Gasteiger partial charge in [-0.3, -0.25) is 4.79 Å². The van der Waals surface area contributed by atoms with Crippen molar-refractivity contribution in [3.05, 3.63) is 0 Å². The van der Waals surface area contributed by atoms with Gasteiger partial charge in [0, 0.05) is 11.7 Å². The van der Waals surface area contributed by atoms with Crippen LogP contribution in [0.3, 0.4) is 0 Å². The fraction of sp³-hybridized carbons (Fsp3) is 0.917. The number of rotatable bonds is 2. The first-order valence-corrected chi connectivity index (χ1v) is 6.44. The Hall–Kier alpha value is 0.0200. The van der Waals surface area contributed by atoms with Gasteiger partial charge in [-0.1, -0.05) is 25.6 Å². The smallest absolute Gasteiger partial charge is 0.186 e. The molecular formula is C12H22OS. The molecule has 0 spiro atoms. The lowest BCUT2D eigenvalue weighted by Gasteiger charge is -2.37. The van der Waals surface area contributed by atoms with Crippen LogP contribution in [0.15, 0.2) is 0 Å². The lowest BCUT2D eigenvalue weighted by molar-refractivity contribution is -0.109. The minimum absolute atomic E-state index is 0.233. The van der Waals surface area contributed by atoms with Gasteiger partial charge in [-0.15, -0.1) is 0 Å². The second-order valence-electron chi connectivity index (χ2n) is 5.12. The molecular weight excluding hydrogens is 192 g/mol. The third kappa shape index (κ3) is 3.30. The number of hydrogen-bond donors (Lipinski definition) is 0. The van der Waals surface area contributed by atoms with E-state index in [0.29, 0.717) is 0 Å². The Morgan fingerprint density at radius 2 is 1.86 bits per heavy atom. The van der Waals surface area contributed by atoms with Crippen molar-refractivity contribution >= 4 is 16.9 Å². The van der Waals surface area contributed by atoms with E-state index >= 15 is 0 Å². The molecule has 1 fully saturated rings. The number of carbonyl (C=O) groups is 1. The highest BCUT2D eigenvalue weighted by molar-refractivity contribution is 8.14. The van der Waals surface area contributed by atoms with Crippen molar-refractivity contribution in [2.75, 3.05) is 0 Å². The maximum absolute atomic E-state index is 11.1. The molecule has 0 aromatic rings. The van der Waals surface area contributed by atoms with Gasteiger partial charge in [-0.2, -0.15) is 0 Å². The summed E-state index contributed by atoms with van der Waals surface area (Å²) in [6, 6.07) is 0. The van der Waals surface area contributed by atoms with E-state index in [1.54, 1.807) is 18.7 Å². The van der Waals surface area contributed by atoms with Gasteiger partial charge in [0.05, 0.1) is 0 Å². The minimum atomic E-state index is 0.233. The molecule has 0 heterocycles. The fourth-order valence-corrected chi connectivity index (χ4v) is 3.50. The van der Waals surface area contributed by atoms with Crippen molar-refractivity contribution in [1.82, 2.24) is 0 Å². The first kappa shape index (κ1) is 12.1. The van der Waals surface area contributed by atoms with Crippen LogP contribution < -0.4 is 0 Å². The second-order valence-corrected chi connectivity index (χ2v) is 6.89. The Morgan fingerprint density at radius 1 is 1.36 bits per heavy atom. The van der Waals surface area contributed by atoms with Crippen molar-refractivity contribution in [2.24, 2.45) is 11.8 Å². The summed E-state index contributed by atoms with van der Waals surface area (Å²) in [5.41, 5.74) is 0. The summed E-state index contributed by atoms with van der Waals surface area (Å²) in [6.45, 7) is 8.55. The van der Waals surface area contributed by atoms with Gasteiger partial charge in [0.15, 0.2) is 5.12 Å². The number of hydrogen-bond acceptors (Lipinski definition) is 2. The molecule has 0 aromatic carbocycles. The highest BCUT2D eigenvalue weighted by Gasteiger charge is 2.33. The summed E-state index contributed by atoms with van der Waals surface area (Å²) in [5.74, 6) is 1.69. The van der Waals surface area contributed by atoms with Crippen LogP contribution >= 0.6 is 11.8 Å². The molecule has 14 heavy (non-hydrogen) atoms. The number of thioether (sulfide) groups is 1. The SMILES string of the molecule is CC(=O)SC1(C)CCC(C(C)C)CC1. The van der Waals surface area contributed by atoms with Gasteiger partial charge < -0.3 is 0 Å². The Balaban J connectivity index is 2.44. The topological polar surface area (TPSA) is 17.1 Å². The normalized spacial score (nSPS) is 33.4. The van der Waals surface area contributed by atoms with Crippen molar-refractivity contribution < 1.29 is 4.79 Å². The lowest BCUT2D eigenvalue weighted by Crippen LogP contribution is -2.30. The van der Waals surface area contributed by atoms with Crippen LogP contribution in [-0.4, -0.2) is 9.86 Å². The molecule has 0 unspecified atom stereocenters. The predicted molar refractivity (Wildman–Crippen MR) is 63.5 cm³/mol. The van der Waals surface area contributed by atoms with Crippen LogP contribution in [0, 0.1) is 11.8 Å². The van der Waals surface area contributed by atoms with E-state index in [1.807, 2.05) is 0 Å². The monoisotopic (exact) mass is 214 g/mol. The summed E-state index contributed by atoms with van der Waals surface area (Å²) in [6.07, 6.45) is 5.02. The maximum Gasteiger partial charge on any atom is 0.186 e. The quantitative estimate of drug-likeness (QED) is 0.694. The zero-order chi connectivity index (χ0) is 10.8. The van der Waals surface area contributed by atoms with Crippen LogP contribution in [0.5, 0.6) is 0 Å². The molecule has 82 valence electrons. The van der Waals surface area contributed by atoms with Gasteiger partial charge in [0.2, 0.25) is 0 Å². The van der Waals surface area contributed by atoms with Gasteiger partial charge in [-0.25, -0.2) is 0 Å². The maximum atomic E-state index is 11.1. The summed E-state index contributed by atoms with van der Waals surface area (Å²) < 4.78 is 0.233. The average molecular weight is 214 g/mol. The van der Waals surface area contributed by atoms with Crippen LogP contribution in [0.25, 0.3) is 0 Å². The van der Waals surface area contributed by atoms with Crippen molar-refractivity contribution in [3.63, 3.8) is 0 Å². The van der Waals surface area contributed by atoms with E-state index in [4.69, 9.17) is 0 Å². The molecule has 2 heteroatoms. The van der Waals surface area contributed by atoms with Crippen LogP contribution in [0.4, 0.5) is 0 Å². The lowest BCUT2D eigenvalue weighted by atomic mass is 9.77. The second kappa shape index (κ2) is 4.69. The Morgan fingerprint density at radius 3 is 2.21 bits per heavy atom. The Bertz CT molecular complexity index is 202. The molecule has 0 aromatic heterocycles. The van der Waals surface area contributed by atoms with Crippen LogP contribution in [-0.2, 0) is 4.79 Å². The standard InChI is InChI=1S/C12H22OS/c1-9(2)11-5-7-12(4,8-6-11)14-10(3)13/h9,11H,5-8H2,1-4H3. The van der Waals surface area contributed by atoms with Crippen molar-refractivity contribution in [2.45, 2.75) is 58.1 Å². The van der Waals surface area contributed by atoms with Crippen LogP contribution in [0.2, 0.25) is 0 Å². The first-order chi connectivity index (χ1) is 6.43. The summed E-state index contributed by atoms with van der Waals surface area (Å²) in [7, 11) is 0. The molecule has 0 atom stereocenters. The molecule has 1 saturated carbocycles. The third-order valence-electron chi connectivity index (χ3n) is 3.42. The Kier molecular flexibility index (Phi) is 4.05. The van der Waals surface area contributed by atoms with E-state index < -0.39 is 0 Å².